The van der Waals surface area contributed by atoms with Crippen molar-refractivity contribution in [3.8, 4) is 11.5 Å². The number of rotatable bonds is 10. The lowest BCUT2D eigenvalue weighted by molar-refractivity contribution is -0.122. The molecule has 0 saturated carbocycles. The summed E-state index contributed by atoms with van der Waals surface area (Å²) in [5.41, 5.74) is 2.54. The summed E-state index contributed by atoms with van der Waals surface area (Å²) in [7, 11) is 3.21. The van der Waals surface area contributed by atoms with E-state index in [-0.39, 0.29) is 5.91 Å². The number of benzene rings is 3. The van der Waals surface area contributed by atoms with Gasteiger partial charge in [-0.25, -0.2) is 4.99 Å². The minimum absolute atomic E-state index is 0.106. The Morgan fingerprint density at radius 1 is 1.03 bits per heavy atom. The average molecular weight is 523 g/mol. The number of ether oxygens (including phenoxy) is 3. The lowest BCUT2D eigenvalue weighted by Crippen LogP contribution is -2.30. The molecule has 0 N–H and O–H groups in total. The van der Waals surface area contributed by atoms with E-state index < -0.39 is 0 Å². The van der Waals surface area contributed by atoms with Gasteiger partial charge < -0.3 is 14.2 Å². The number of amidine groups is 1. The van der Waals surface area contributed by atoms with Gasteiger partial charge in [-0.1, -0.05) is 60.1 Å². The predicted molar refractivity (Wildman–Crippen MR) is 146 cm³/mol. The molecule has 186 valence electrons. The van der Waals surface area contributed by atoms with Crippen LogP contribution in [-0.2, 0) is 16.1 Å². The summed E-state index contributed by atoms with van der Waals surface area (Å²) in [6, 6.07) is 23.0. The molecule has 3 aromatic rings. The maximum Gasteiger partial charge on any atom is 0.266 e. The molecule has 0 unspecified atom stereocenters. The molecule has 0 bridgehead atoms. The number of halogens is 1. The second kappa shape index (κ2) is 12.6. The molecular formula is C28H27ClN2O4S. The van der Waals surface area contributed by atoms with Gasteiger partial charge in [0.1, 0.15) is 6.61 Å². The molecule has 36 heavy (non-hydrogen) atoms. The Kier molecular flexibility index (Phi) is 9.06. The van der Waals surface area contributed by atoms with Crippen LogP contribution >= 0.6 is 23.4 Å². The smallest absolute Gasteiger partial charge is 0.266 e. The van der Waals surface area contributed by atoms with Gasteiger partial charge in [0, 0.05) is 20.3 Å². The summed E-state index contributed by atoms with van der Waals surface area (Å²) in [6.45, 7) is 1.43. The fraction of sp³-hybridized carbons (Fsp3) is 0.214. The second-order valence-corrected chi connectivity index (χ2v) is 9.37. The van der Waals surface area contributed by atoms with E-state index >= 15 is 0 Å². The molecule has 1 aliphatic rings. The van der Waals surface area contributed by atoms with Crippen molar-refractivity contribution in [3.63, 3.8) is 0 Å². The molecular weight excluding hydrogens is 496 g/mol. The monoisotopic (exact) mass is 522 g/mol. The van der Waals surface area contributed by atoms with Crippen molar-refractivity contribution >= 4 is 46.2 Å². The highest BCUT2D eigenvalue weighted by atomic mass is 35.5. The van der Waals surface area contributed by atoms with E-state index in [1.165, 1.54) is 11.8 Å². The minimum Gasteiger partial charge on any atom is -0.493 e. The number of thioether (sulfide) groups is 1. The number of amides is 1. The molecule has 0 spiro atoms. The van der Waals surface area contributed by atoms with Crippen LogP contribution in [0.4, 0.5) is 5.69 Å². The minimum atomic E-state index is -0.106. The quantitative estimate of drug-likeness (QED) is 0.223. The molecule has 1 fully saturated rings. The van der Waals surface area contributed by atoms with Crippen LogP contribution < -0.4 is 9.47 Å². The number of hydrogen-bond donors (Lipinski definition) is 0. The highest BCUT2D eigenvalue weighted by Gasteiger charge is 2.33. The standard InChI is InChI=1S/C28H27ClN2O4S/c1-33-15-9-14-31-27(32)25(36-28(31)30-22-12-7-4-8-13-22)18-21-16-23(29)26(24(17-21)34-2)35-19-20-10-5-3-6-11-20/h3-8,10-13,16-18H,9,14-15,19H2,1-2H3/b25-18-,30-28?. The van der Waals surface area contributed by atoms with Crippen molar-refractivity contribution in [2.45, 2.75) is 13.0 Å². The van der Waals surface area contributed by atoms with E-state index in [2.05, 4.69) is 0 Å². The van der Waals surface area contributed by atoms with Crippen molar-refractivity contribution in [1.29, 1.82) is 0 Å². The summed E-state index contributed by atoms with van der Waals surface area (Å²) in [5.74, 6) is 0.851. The number of hydrogen-bond acceptors (Lipinski definition) is 6. The Hall–Kier alpha value is -3.26. The molecule has 1 heterocycles. The van der Waals surface area contributed by atoms with E-state index in [9.17, 15) is 4.79 Å². The van der Waals surface area contributed by atoms with Crippen LogP contribution in [0.1, 0.15) is 17.5 Å². The molecule has 1 saturated heterocycles. The van der Waals surface area contributed by atoms with Crippen LogP contribution in [0, 0.1) is 0 Å². The van der Waals surface area contributed by atoms with Crippen molar-refractivity contribution in [2.24, 2.45) is 4.99 Å². The van der Waals surface area contributed by atoms with Gasteiger partial charge in [0.25, 0.3) is 5.91 Å². The average Bonchev–Trinajstić information content (AvgIpc) is 3.18. The van der Waals surface area contributed by atoms with Gasteiger partial charge in [0.2, 0.25) is 0 Å². The molecule has 1 amide bonds. The van der Waals surface area contributed by atoms with Gasteiger partial charge in [-0.15, -0.1) is 0 Å². The maximum absolute atomic E-state index is 13.3. The van der Waals surface area contributed by atoms with Crippen LogP contribution in [0.25, 0.3) is 6.08 Å². The Morgan fingerprint density at radius 3 is 2.44 bits per heavy atom. The molecule has 0 atom stereocenters. The summed E-state index contributed by atoms with van der Waals surface area (Å²) >= 11 is 7.91. The lowest BCUT2D eigenvalue weighted by Gasteiger charge is -2.15. The first-order valence-corrected chi connectivity index (χ1v) is 12.7. The fourth-order valence-electron chi connectivity index (χ4n) is 3.61. The van der Waals surface area contributed by atoms with Crippen molar-refractivity contribution in [2.75, 3.05) is 27.4 Å². The number of methoxy groups -OCH3 is 2. The zero-order valence-electron chi connectivity index (χ0n) is 20.1. The van der Waals surface area contributed by atoms with Crippen LogP contribution in [0.15, 0.2) is 82.7 Å². The molecule has 8 heteroatoms. The van der Waals surface area contributed by atoms with E-state index in [0.717, 1.165) is 16.8 Å². The summed E-state index contributed by atoms with van der Waals surface area (Å²) < 4.78 is 16.7. The Morgan fingerprint density at radius 2 is 1.75 bits per heavy atom. The van der Waals surface area contributed by atoms with Gasteiger partial charge in [0.15, 0.2) is 16.7 Å². The zero-order valence-corrected chi connectivity index (χ0v) is 21.7. The molecule has 6 nitrogen and oxygen atoms in total. The molecule has 0 aromatic heterocycles. The fourth-order valence-corrected chi connectivity index (χ4v) is 4.91. The highest BCUT2D eigenvalue weighted by Crippen LogP contribution is 2.39. The third-order valence-corrected chi connectivity index (χ3v) is 6.66. The number of aliphatic imine (C=N–C) groups is 1. The molecule has 1 aliphatic heterocycles. The van der Waals surface area contributed by atoms with Crippen LogP contribution in [0.2, 0.25) is 5.02 Å². The summed E-state index contributed by atoms with van der Waals surface area (Å²) in [5, 5.41) is 1.04. The largest absolute Gasteiger partial charge is 0.493 e. The van der Waals surface area contributed by atoms with Gasteiger partial charge >= 0.3 is 0 Å². The summed E-state index contributed by atoms with van der Waals surface area (Å²) in [6.07, 6.45) is 2.51. The lowest BCUT2D eigenvalue weighted by atomic mass is 10.1. The molecule has 0 radical (unpaired) electrons. The van der Waals surface area contributed by atoms with Crippen LogP contribution in [0.3, 0.4) is 0 Å². The van der Waals surface area contributed by atoms with Crippen LogP contribution in [0.5, 0.6) is 11.5 Å². The Balaban J connectivity index is 1.59. The number of carbonyl (C=O) groups excluding carboxylic acids is 1. The summed E-state index contributed by atoms with van der Waals surface area (Å²) in [4.78, 5) is 20.3. The number of carbonyl (C=O) groups is 1. The molecule has 3 aromatic carbocycles. The SMILES string of the molecule is COCCCN1C(=O)/C(=C/c2cc(Cl)c(OCc3ccccc3)c(OC)c2)SC1=Nc1ccccc1. The van der Waals surface area contributed by atoms with Crippen molar-refractivity contribution in [3.05, 3.63) is 93.9 Å². The Labute approximate surface area is 220 Å². The van der Waals surface area contributed by atoms with Gasteiger partial charge in [-0.3, -0.25) is 9.69 Å². The van der Waals surface area contributed by atoms with E-state index in [4.69, 9.17) is 30.8 Å². The Bertz CT molecular complexity index is 1250. The predicted octanol–water partition coefficient (Wildman–Crippen LogP) is 6.57. The third kappa shape index (κ3) is 6.49. The van der Waals surface area contributed by atoms with Gasteiger partial charge in [-0.2, -0.15) is 0 Å². The number of para-hydroxylation sites is 1. The maximum atomic E-state index is 13.3. The normalized spacial score (nSPS) is 15.6. The first-order chi connectivity index (χ1) is 17.6. The van der Waals surface area contributed by atoms with Crippen molar-refractivity contribution < 1.29 is 19.0 Å². The van der Waals surface area contributed by atoms with E-state index in [0.29, 0.717) is 52.8 Å². The first kappa shape index (κ1) is 25.8. The molecule has 0 aliphatic carbocycles. The second-order valence-electron chi connectivity index (χ2n) is 7.95. The third-order valence-electron chi connectivity index (χ3n) is 5.37. The van der Waals surface area contributed by atoms with Gasteiger partial charge in [0.05, 0.1) is 22.7 Å². The van der Waals surface area contributed by atoms with Crippen LogP contribution in [-0.4, -0.2) is 43.3 Å². The van der Waals surface area contributed by atoms with E-state index in [1.54, 1.807) is 31.3 Å². The highest BCUT2D eigenvalue weighted by molar-refractivity contribution is 8.18. The van der Waals surface area contributed by atoms with Crippen molar-refractivity contribution in [1.82, 2.24) is 4.90 Å². The van der Waals surface area contributed by atoms with E-state index in [1.807, 2.05) is 66.7 Å². The topological polar surface area (TPSA) is 60.4 Å². The zero-order chi connectivity index (χ0) is 25.3. The molecule has 4 rings (SSSR count). The first-order valence-electron chi connectivity index (χ1n) is 11.5. The van der Waals surface area contributed by atoms with Gasteiger partial charge in [-0.05, 0) is 59.7 Å². The number of nitrogens with zero attached hydrogens (tertiary/aromatic N) is 2.